The predicted octanol–water partition coefficient (Wildman–Crippen LogP) is 3.02. The average Bonchev–Trinajstić information content (AvgIpc) is 2.42. The summed E-state index contributed by atoms with van der Waals surface area (Å²) in [5.74, 6) is 0.0360. The van der Waals surface area contributed by atoms with Gasteiger partial charge in [0, 0.05) is 11.7 Å². The Morgan fingerprint density at radius 3 is 2.26 bits per heavy atom. The summed E-state index contributed by atoms with van der Waals surface area (Å²) in [6, 6.07) is 4.97. The minimum absolute atomic E-state index is 0.0981. The second-order valence-electron chi connectivity index (χ2n) is 5.95. The lowest BCUT2D eigenvalue weighted by Gasteiger charge is -2.20. The molecule has 23 heavy (non-hydrogen) atoms. The van der Waals surface area contributed by atoms with E-state index in [0.717, 1.165) is 0 Å². The fourth-order valence-electron chi connectivity index (χ4n) is 1.79. The Kier molecular flexibility index (Phi) is 7.82. The Hall–Kier alpha value is -1.30. The van der Waals surface area contributed by atoms with Crippen LogP contribution in [0.15, 0.2) is 18.2 Å². The van der Waals surface area contributed by atoms with E-state index in [1.165, 1.54) is 0 Å². The number of carbonyl (C=O) groups excluding carboxylic acids is 2. The van der Waals surface area contributed by atoms with Crippen LogP contribution < -0.4 is 10.6 Å². The van der Waals surface area contributed by atoms with E-state index < -0.39 is 0 Å². The fraction of sp³-hybridized carbons (Fsp3) is 0.500. The number of carbonyl (C=O) groups is 2. The maximum atomic E-state index is 12.0. The molecule has 1 aromatic carbocycles. The maximum absolute atomic E-state index is 12.0. The molecule has 0 spiro atoms. The highest BCUT2D eigenvalue weighted by Gasteiger charge is 2.14. The molecule has 2 N–H and O–H groups in total. The van der Waals surface area contributed by atoms with E-state index in [0.29, 0.717) is 21.7 Å². The maximum Gasteiger partial charge on any atom is 0.238 e. The Bertz CT molecular complexity index is 564. The van der Waals surface area contributed by atoms with Crippen LogP contribution >= 0.6 is 23.2 Å². The van der Waals surface area contributed by atoms with Crippen molar-refractivity contribution in [2.24, 2.45) is 5.92 Å². The standard InChI is InChI=1S/C16H23Cl2N3O2/c1-10(2)11(3)19-15(22)8-21(4)9-16(23)20-12-5-6-13(17)14(18)7-12/h5-7,10-11H,8-9H2,1-4H3,(H,19,22)(H,20,23)/t11-/m1/s1. The van der Waals surface area contributed by atoms with Crippen molar-refractivity contribution in [3.8, 4) is 0 Å². The van der Waals surface area contributed by atoms with E-state index in [1.54, 1.807) is 30.1 Å². The predicted molar refractivity (Wildman–Crippen MR) is 95.0 cm³/mol. The van der Waals surface area contributed by atoms with Crippen molar-refractivity contribution in [3.05, 3.63) is 28.2 Å². The van der Waals surface area contributed by atoms with Crippen LogP contribution in [0.25, 0.3) is 0 Å². The van der Waals surface area contributed by atoms with Gasteiger partial charge in [0.25, 0.3) is 0 Å². The summed E-state index contributed by atoms with van der Waals surface area (Å²) >= 11 is 11.7. The average molecular weight is 360 g/mol. The first-order valence-corrected chi connectivity index (χ1v) is 8.17. The lowest BCUT2D eigenvalue weighted by atomic mass is 10.1. The highest BCUT2D eigenvalue weighted by Crippen LogP contribution is 2.24. The van der Waals surface area contributed by atoms with Crippen LogP contribution in [-0.2, 0) is 9.59 Å². The molecule has 7 heteroatoms. The van der Waals surface area contributed by atoms with Crippen molar-refractivity contribution < 1.29 is 9.59 Å². The first kappa shape index (κ1) is 19.7. The van der Waals surface area contributed by atoms with Gasteiger partial charge < -0.3 is 10.6 Å². The van der Waals surface area contributed by atoms with Crippen molar-refractivity contribution in [1.82, 2.24) is 10.2 Å². The van der Waals surface area contributed by atoms with Gasteiger partial charge in [-0.25, -0.2) is 0 Å². The second-order valence-corrected chi connectivity index (χ2v) is 6.76. The quantitative estimate of drug-likeness (QED) is 0.786. The van der Waals surface area contributed by atoms with E-state index in [-0.39, 0.29) is 30.9 Å². The van der Waals surface area contributed by atoms with Crippen LogP contribution in [0.4, 0.5) is 5.69 Å². The molecule has 2 amide bonds. The van der Waals surface area contributed by atoms with Gasteiger partial charge >= 0.3 is 0 Å². The molecule has 0 fully saturated rings. The molecular formula is C16H23Cl2N3O2. The number of halogens is 2. The fourth-order valence-corrected chi connectivity index (χ4v) is 2.08. The number of hydrogen-bond donors (Lipinski definition) is 2. The molecule has 0 bridgehead atoms. The summed E-state index contributed by atoms with van der Waals surface area (Å²) in [7, 11) is 1.72. The van der Waals surface area contributed by atoms with Gasteiger partial charge in [-0.3, -0.25) is 14.5 Å². The van der Waals surface area contributed by atoms with Gasteiger partial charge in [-0.1, -0.05) is 37.0 Å². The van der Waals surface area contributed by atoms with E-state index >= 15 is 0 Å². The van der Waals surface area contributed by atoms with E-state index in [2.05, 4.69) is 10.6 Å². The number of amides is 2. The van der Waals surface area contributed by atoms with Gasteiger partial charge in [0.15, 0.2) is 0 Å². The normalized spacial score (nSPS) is 12.3. The van der Waals surface area contributed by atoms with Crippen LogP contribution in [-0.4, -0.2) is 42.9 Å². The third kappa shape index (κ3) is 7.20. The summed E-state index contributed by atoms with van der Waals surface area (Å²) < 4.78 is 0. The number of anilines is 1. The Balaban J connectivity index is 2.44. The first-order chi connectivity index (χ1) is 10.7. The second kappa shape index (κ2) is 9.11. The molecule has 0 saturated heterocycles. The minimum atomic E-state index is -0.226. The number of nitrogens with one attached hydrogen (secondary N) is 2. The van der Waals surface area contributed by atoms with Crippen molar-refractivity contribution >= 4 is 40.7 Å². The number of benzene rings is 1. The van der Waals surface area contributed by atoms with Gasteiger partial charge in [0.2, 0.25) is 11.8 Å². The van der Waals surface area contributed by atoms with Gasteiger partial charge in [0.05, 0.1) is 23.1 Å². The lowest BCUT2D eigenvalue weighted by Crippen LogP contribution is -2.43. The van der Waals surface area contributed by atoms with E-state index in [9.17, 15) is 9.59 Å². The van der Waals surface area contributed by atoms with Crippen LogP contribution in [0.3, 0.4) is 0 Å². The molecule has 1 atom stereocenters. The molecule has 0 radical (unpaired) electrons. The molecule has 0 aromatic heterocycles. The zero-order valence-electron chi connectivity index (χ0n) is 13.8. The molecule has 0 aliphatic heterocycles. The Labute approximate surface area is 147 Å². The van der Waals surface area contributed by atoms with Gasteiger partial charge in [0.1, 0.15) is 0 Å². The number of rotatable bonds is 7. The first-order valence-electron chi connectivity index (χ1n) is 7.42. The third-order valence-electron chi connectivity index (χ3n) is 3.42. The van der Waals surface area contributed by atoms with Crippen molar-refractivity contribution in [2.75, 3.05) is 25.5 Å². The summed E-state index contributed by atoms with van der Waals surface area (Å²) in [6.07, 6.45) is 0. The number of nitrogens with zero attached hydrogens (tertiary/aromatic N) is 1. The zero-order valence-corrected chi connectivity index (χ0v) is 15.3. The molecule has 1 rings (SSSR count). The van der Waals surface area contributed by atoms with Crippen molar-refractivity contribution in [1.29, 1.82) is 0 Å². The Morgan fingerprint density at radius 1 is 1.09 bits per heavy atom. The molecule has 128 valence electrons. The highest BCUT2D eigenvalue weighted by atomic mass is 35.5. The lowest BCUT2D eigenvalue weighted by molar-refractivity contribution is -0.123. The summed E-state index contributed by atoms with van der Waals surface area (Å²) in [5.41, 5.74) is 0.565. The molecule has 0 aliphatic carbocycles. The summed E-state index contributed by atoms with van der Waals surface area (Å²) in [5, 5.41) is 6.42. The topological polar surface area (TPSA) is 61.4 Å². The molecule has 0 unspecified atom stereocenters. The van der Waals surface area contributed by atoms with Crippen molar-refractivity contribution in [3.63, 3.8) is 0 Å². The Morgan fingerprint density at radius 2 is 1.70 bits per heavy atom. The zero-order chi connectivity index (χ0) is 17.6. The molecule has 0 heterocycles. The molecule has 0 aliphatic rings. The van der Waals surface area contributed by atoms with Crippen molar-refractivity contribution in [2.45, 2.75) is 26.8 Å². The number of likely N-dealkylation sites (N-methyl/N-ethyl adjacent to an activating group) is 1. The highest BCUT2D eigenvalue weighted by molar-refractivity contribution is 6.42. The summed E-state index contributed by atoms with van der Waals surface area (Å²) in [4.78, 5) is 25.5. The number of hydrogen-bond acceptors (Lipinski definition) is 3. The third-order valence-corrected chi connectivity index (χ3v) is 4.16. The van der Waals surface area contributed by atoms with Gasteiger partial charge in [-0.05, 0) is 38.1 Å². The van der Waals surface area contributed by atoms with Gasteiger partial charge in [-0.15, -0.1) is 0 Å². The monoisotopic (exact) mass is 359 g/mol. The van der Waals surface area contributed by atoms with E-state index in [4.69, 9.17) is 23.2 Å². The van der Waals surface area contributed by atoms with Crippen LogP contribution in [0, 0.1) is 5.92 Å². The van der Waals surface area contributed by atoms with Crippen LogP contribution in [0.5, 0.6) is 0 Å². The minimum Gasteiger partial charge on any atom is -0.352 e. The molecule has 0 saturated carbocycles. The molecular weight excluding hydrogens is 337 g/mol. The smallest absolute Gasteiger partial charge is 0.238 e. The van der Waals surface area contributed by atoms with E-state index in [1.807, 2.05) is 20.8 Å². The van der Waals surface area contributed by atoms with Gasteiger partial charge in [-0.2, -0.15) is 0 Å². The SMILES string of the molecule is CC(C)[C@@H](C)NC(=O)CN(C)CC(=O)Nc1ccc(Cl)c(Cl)c1. The van der Waals surface area contributed by atoms with Crippen LogP contribution in [0.2, 0.25) is 10.0 Å². The largest absolute Gasteiger partial charge is 0.352 e. The molecule has 5 nitrogen and oxygen atoms in total. The van der Waals surface area contributed by atoms with Crippen LogP contribution in [0.1, 0.15) is 20.8 Å². The molecule has 1 aromatic rings. The summed E-state index contributed by atoms with van der Waals surface area (Å²) in [6.45, 7) is 6.30.